The van der Waals surface area contributed by atoms with Gasteiger partial charge in [0, 0.05) is 60.6 Å². The van der Waals surface area contributed by atoms with Crippen LogP contribution in [0.1, 0.15) is 27.4 Å². The second-order valence-electron chi connectivity index (χ2n) is 8.77. The van der Waals surface area contributed by atoms with Crippen LogP contribution in [-0.2, 0) is 11.2 Å². The Balaban J connectivity index is 1.29. The average molecular weight is 457 g/mol. The van der Waals surface area contributed by atoms with Gasteiger partial charge in [0.15, 0.2) is 0 Å². The molecule has 1 N–H and O–H groups in total. The van der Waals surface area contributed by atoms with Gasteiger partial charge in [-0.2, -0.15) is 0 Å². The maximum atomic E-state index is 13.4. The minimum absolute atomic E-state index is 0.0132. The summed E-state index contributed by atoms with van der Waals surface area (Å²) in [5, 5.41) is 3.30. The van der Waals surface area contributed by atoms with E-state index in [1.54, 1.807) is 6.20 Å². The van der Waals surface area contributed by atoms with E-state index in [0.29, 0.717) is 43.5 Å². The Morgan fingerprint density at radius 1 is 1.18 bits per heavy atom. The Morgan fingerprint density at radius 2 is 2.09 bits per heavy atom. The molecular formula is C26H28N6O2. The van der Waals surface area contributed by atoms with Crippen LogP contribution >= 0.6 is 0 Å². The zero-order valence-corrected chi connectivity index (χ0v) is 19.4. The van der Waals surface area contributed by atoms with Crippen molar-refractivity contribution in [2.45, 2.75) is 20.3 Å². The first-order chi connectivity index (χ1) is 16.5. The monoisotopic (exact) mass is 456 g/mol. The van der Waals surface area contributed by atoms with Gasteiger partial charge < -0.3 is 19.4 Å². The number of benzene rings is 1. The number of imidazole rings is 1. The van der Waals surface area contributed by atoms with Gasteiger partial charge >= 0.3 is 0 Å². The van der Waals surface area contributed by atoms with E-state index in [1.165, 1.54) is 5.56 Å². The largest absolute Gasteiger partial charge is 0.379 e. The van der Waals surface area contributed by atoms with E-state index in [1.807, 2.05) is 65.7 Å². The zero-order valence-electron chi connectivity index (χ0n) is 19.4. The number of fused-ring (bicyclic) bond motifs is 1. The summed E-state index contributed by atoms with van der Waals surface area (Å²) < 4.78 is 7.88. The number of amides is 1. The summed E-state index contributed by atoms with van der Waals surface area (Å²) in [5.74, 6) is 1.66. The van der Waals surface area contributed by atoms with E-state index in [4.69, 9.17) is 4.74 Å². The topological polar surface area (TPSA) is 84.7 Å². The summed E-state index contributed by atoms with van der Waals surface area (Å²) in [6.45, 7) is 6.22. The number of carbonyl (C=O) groups excluding carboxylic acids is 1. The summed E-state index contributed by atoms with van der Waals surface area (Å²) >= 11 is 0. The molecule has 8 heteroatoms. The third kappa shape index (κ3) is 5.07. The quantitative estimate of drug-likeness (QED) is 0.492. The van der Waals surface area contributed by atoms with Crippen molar-refractivity contribution in [2.75, 3.05) is 31.6 Å². The molecule has 1 saturated heterocycles. The molecule has 0 bridgehead atoms. The number of hydrogen-bond acceptors (Lipinski definition) is 6. The molecule has 1 atom stereocenters. The van der Waals surface area contributed by atoms with E-state index < -0.39 is 0 Å². The lowest BCUT2D eigenvalue weighted by molar-refractivity contribution is 0.0737. The molecule has 0 aliphatic carbocycles. The molecule has 34 heavy (non-hydrogen) atoms. The normalized spacial score (nSPS) is 16.4. The number of aromatic nitrogens is 4. The second-order valence-corrected chi connectivity index (χ2v) is 8.77. The highest BCUT2D eigenvalue weighted by Gasteiger charge is 2.24. The molecule has 4 heterocycles. The third-order valence-corrected chi connectivity index (χ3v) is 5.95. The molecule has 1 fully saturated rings. The number of aryl methyl sites for hydroxylation is 2. The van der Waals surface area contributed by atoms with Crippen molar-refractivity contribution in [3.05, 3.63) is 83.7 Å². The van der Waals surface area contributed by atoms with E-state index in [0.717, 1.165) is 23.4 Å². The van der Waals surface area contributed by atoms with E-state index in [2.05, 4.69) is 32.5 Å². The van der Waals surface area contributed by atoms with E-state index >= 15 is 0 Å². The van der Waals surface area contributed by atoms with E-state index in [-0.39, 0.29) is 11.8 Å². The van der Waals surface area contributed by atoms with Gasteiger partial charge in [-0.1, -0.05) is 12.1 Å². The lowest BCUT2D eigenvalue weighted by atomic mass is 10.0. The van der Waals surface area contributed by atoms with Gasteiger partial charge in [-0.15, -0.1) is 0 Å². The molecule has 0 saturated carbocycles. The lowest BCUT2D eigenvalue weighted by Gasteiger charge is -2.24. The smallest absolute Gasteiger partial charge is 0.254 e. The second kappa shape index (κ2) is 9.61. The highest BCUT2D eigenvalue weighted by molar-refractivity contribution is 5.95. The predicted molar refractivity (Wildman–Crippen MR) is 130 cm³/mol. The van der Waals surface area contributed by atoms with Crippen molar-refractivity contribution in [1.82, 2.24) is 24.3 Å². The zero-order chi connectivity index (χ0) is 23.5. The van der Waals surface area contributed by atoms with Gasteiger partial charge in [0.05, 0.1) is 13.2 Å². The maximum Gasteiger partial charge on any atom is 0.254 e. The van der Waals surface area contributed by atoms with Crippen LogP contribution in [0.15, 0.2) is 61.1 Å². The number of anilines is 2. The molecule has 1 aromatic carbocycles. The van der Waals surface area contributed by atoms with Crippen molar-refractivity contribution in [3.8, 4) is 0 Å². The molecule has 0 spiro atoms. The highest BCUT2D eigenvalue weighted by atomic mass is 16.5. The number of carbonyl (C=O) groups is 1. The summed E-state index contributed by atoms with van der Waals surface area (Å²) in [7, 11) is 0. The van der Waals surface area contributed by atoms with Crippen molar-refractivity contribution < 1.29 is 9.53 Å². The Kier molecular flexibility index (Phi) is 6.22. The molecule has 5 rings (SSSR count). The summed E-state index contributed by atoms with van der Waals surface area (Å²) in [4.78, 5) is 28.4. The third-order valence-electron chi connectivity index (χ3n) is 5.95. The minimum Gasteiger partial charge on any atom is -0.379 e. The fourth-order valence-electron chi connectivity index (χ4n) is 4.45. The molecule has 174 valence electrons. The van der Waals surface area contributed by atoms with Crippen LogP contribution in [-0.4, -0.2) is 56.5 Å². The predicted octanol–water partition coefficient (Wildman–Crippen LogP) is 3.82. The Hall–Kier alpha value is -3.78. The standard InChI is InChI=1S/C26H28N6O2/c1-18-12-24(29-19(2)28-18)30-23-5-3-4-22(14-23)26(33)32-10-11-34-17-21(16-32)13-20-6-7-25-27-8-9-31(25)15-20/h3-9,12,14-15,21H,10-11,13,16-17H2,1-2H3,(H,28,29,30). The Morgan fingerprint density at radius 3 is 2.97 bits per heavy atom. The SMILES string of the molecule is Cc1cc(Nc2cccc(C(=O)N3CCOCC(Cc4ccc5nccn5c4)C3)c2)nc(C)n1. The van der Waals surface area contributed by atoms with Crippen LogP contribution in [0.3, 0.4) is 0 Å². The van der Waals surface area contributed by atoms with Crippen molar-refractivity contribution in [1.29, 1.82) is 0 Å². The van der Waals surface area contributed by atoms with Gasteiger partial charge in [-0.05, 0) is 50.1 Å². The molecule has 3 aromatic heterocycles. The van der Waals surface area contributed by atoms with Crippen LogP contribution in [0.25, 0.3) is 5.65 Å². The fourth-order valence-corrected chi connectivity index (χ4v) is 4.45. The van der Waals surface area contributed by atoms with Crippen LogP contribution in [0.5, 0.6) is 0 Å². The highest BCUT2D eigenvalue weighted by Crippen LogP contribution is 2.20. The minimum atomic E-state index is 0.0132. The van der Waals surface area contributed by atoms with Crippen LogP contribution in [0, 0.1) is 19.8 Å². The van der Waals surface area contributed by atoms with Gasteiger partial charge in [0.1, 0.15) is 17.3 Å². The molecule has 1 aliphatic heterocycles. The molecule has 8 nitrogen and oxygen atoms in total. The van der Waals surface area contributed by atoms with Crippen molar-refractivity contribution in [2.24, 2.45) is 5.92 Å². The number of ether oxygens (including phenoxy) is 1. The van der Waals surface area contributed by atoms with Crippen molar-refractivity contribution in [3.63, 3.8) is 0 Å². The molecular weight excluding hydrogens is 428 g/mol. The first kappa shape index (κ1) is 22.0. The van der Waals surface area contributed by atoms with Crippen LogP contribution < -0.4 is 5.32 Å². The first-order valence-electron chi connectivity index (χ1n) is 11.5. The summed E-state index contributed by atoms with van der Waals surface area (Å²) in [6.07, 6.45) is 6.69. The molecule has 4 aromatic rings. The molecule has 1 unspecified atom stereocenters. The average Bonchev–Trinajstić information content (AvgIpc) is 3.15. The summed E-state index contributed by atoms with van der Waals surface area (Å²) in [6, 6.07) is 13.6. The number of pyridine rings is 1. The van der Waals surface area contributed by atoms with Gasteiger partial charge in [-0.25, -0.2) is 15.0 Å². The first-order valence-corrected chi connectivity index (χ1v) is 11.5. The number of rotatable bonds is 5. The number of nitrogens with one attached hydrogen (secondary N) is 1. The Bertz CT molecular complexity index is 1300. The van der Waals surface area contributed by atoms with Gasteiger partial charge in [-0.3, -0.25) is 4.79 Å². The van der Waals surface area contributed by atoms with E-state index in [9.17, 15) is 4.79 Å². The summed E-state index contributed by atoms with van der Waals surface area (Å²) in [5.41, 5.74) is 4.49. The molecule has 0 radical (unpaired) electrons. The lowest BCUT2D eigenvalue weighted by Crippen LogP contribution is -2.36. The fraction of sp³-hybridized carbons (Fsp3) is 0.308. The maximum absolute atomic E-state index is 13.4. The van der Waals surface area contributed by atoms with Crippen LogP contribution in [0.4, 0.5) is 11.5 Å². The van der Waals surface area contributed by atoms with Gasteiger partial charge in [0.25, 0.3) is 5.91 Å². The molecule has 1 amide bonds. The van der Waals surface area contributed by atoms with Crippen LogP contribution in [0.2, 0.25) is 0 Å². The number of nitrogens with zero attached hydrogens (tertiary/aromatic N) is 5. The molecule has 1 aliphatic rings. The number of hydrogen-bond donors (Lipinski definition) is 1. The Labute approximate surface area is 198 Å². The van der Waals surface area contributed by atoms with Crippen molar-refractivity contribution >= 4 is 23.1 Å². The van der Waals surface area contributed by atoms with Gasteiger partial charge in [0.2, 0.25) is 0 Å².